The molecule has 0 spiro atoms. The van der Waals surface area contributed by atoms with E-state index < -0.39 is 0 Å². The van der Waals surface area contributed by atoms with Gasteiger partial charge in [0, 0.05) is 5.56 Å². The molecule has 2 N–H and O–H groups in total. The van der Waals surface area contributed by atoms with Gasteiger partial charge in [-0.15, -0.1) is 0 Å². The molecule has 0 aliphatic carbocycles. The maximum absolute atomic E-state index is 5.65. The molecule has 2 rings (SSSR count). The second-order valence-electron chi connectivity index (χ2n) is 3.39. The summed E-state index contributed by atoms with van der Waals surface area (Å²) >= 11 is 0. The van der Waals surface area contributed by atoms with Gasteiger partial charge in [0.05, 0.1) is 20.4 Å². The van der Waals surface area contributed by atoms with Crippen molar-refractivity contribution in [1.29, 1.82) is 0 Å². The van der Waals surface area contributed by atoms with Crippen molar-refractivity contribution in [2.24, 2.45) is 0 Å². The third kappa shape index (κ3) is 2.28. The van der Waals surface area contributed by atoms with Crippen LogP contribution in [0.15, 0.2) is 30.5 Å². The molecule has 5 nitrogen and oxygen atoms in total. The number of nitrogens with two attached hydrogens (primary N) is 1. The zero-order valence-electron chi connectivity index (χ0n) is 9.68. The van der Waals surface area contributed by atoms with Crippen LogP contribution in [0.25, 0.3) is 11.4 Å². The van der Waals surface area contributed by atoms with Crippen molar-refractivity contribution >= 4 is 5.69 Å². The molecule has 1 heterocycles. The molecule has 0 radical (unpaired) electrons. The van der Waals surface area contributed by atoms with Gasteiger partial charge in [-0.1, -0.05) is 0 Å². The highest BCUT2D eigenvalue weighted by atomic mass is 16.5. The van der Waals surface area contributed by atoms with Gasteiger partial charge in [-0.05, 0) is 24.3 Å². The van der Waals surface area contributed by atoms with Gasteiger partial charge in [0.25, 0.3) is 0 Å². The number of ether oxygens (including phenoxy) is 2. The van der Waals surface area contributed by atoms with Crippen molar-refractivity contribution in [3.05, 3.63) is 30.5 Å². The topological polar surface area (TPSA) is 70.3 Å². The smallest absolute Gasteiger partial charge is 0.240 e. The lowest BCUT2D eigenvalue weighted by molar-refractivity contribution is 0.400. The first-order chi connectivity index (χ1) is 8.24. The Labute approximate surface area is 99.2 Å². The molecule has 88 valence electrons. The lowest BCUT2D eigenvalue weighted by Gasteiger charge is -2.06. The number of nitrogen functional groups attached to an aromatic ring is 1. The van der Waals surface area contributed by atoms with Gasteiger partial charge in [0.2, 0.25) is 5.88 Å². The molecule has 0 saturated carbocycles. The minimum atomic E-state index is 0.380. The summed E-state index contributed by atoms with van der Waals surface area (Å²) in [5.74, 6) is 1.74. The molecule has 0 bridgehead atoms. The molecular weight excluding hydrogens is 218 g/mol. The Morgan fingerprint density at radius 2 is 1.76 bits per heavy atom. The standard InChI is InChI=1S/C12H13N3O2/c1-16-9-5-3-8(4-6-9)11-14-7-10(13)12(15-11)17-2/h3-7H,13H2,1-2H3. The number of nitrogens with zero attached hydrogens (tertiary/aromatic N) is 2. The van der Waals surface area contributed by atoms with Crippen molar-refractivity contribution in [3.8, 4) is 23.0 Å². The van der Waals surface area contributed by atoms with Gasteiger partial charge in [-0.25, -0.2) is 4.98 Å². The molecule has 17 heavy (non-hydrogen) atoms. The van der Waals surface area contributed by atoms with Gasteiger partial charge in [-0.2, -0.15) is 4.98 Å². The van der Waals surface area contributed by atoms with Crippen LogP contribution in [0.1, 0.15) is 0 Å². The zero-order valence-corrected chi connectivity index (χ0v) is 9.68. The monoisotopic (exact) mass is 231 g/mol. The van der Waals surface area contributed by atoms with Crippen LogP contribution in [0.3, 0.4) is 0 Å². The number of hydrogen-bond acceptors (Lipinski definition) is 5. The average Bonchev–Trinajstić information content (AvgIpc) is 2.39. The highest BCUT2D eigenvalue weighted by Gasteiger charge is 2.06. The maximum Gasteiger partial charge on any atom is 0.240 e. The molecule has 0 amide bonds. The summed E-state index contributed by atoms with van der Waals surface area (Å²) in [5.41, 5.74) is 6.95. The predicted octanol–water partition coefficient (Wildman–Crippen LogP) is 1.74. The largest absolute Gasteiger partial charge is 0.497 e. The lowest BCUT2D eigenvalue weighted by Crippen LogP contribution is -1.98. The van der Waals surface area contributed by atoms with Gasteiger partial charge in [0.15, 0.2) is 5.82 Å². The van der Waals surface area contributed by atoms with E-state index in [-0.39, 0.29) is 0 Å². The highest BCUT2D eigenvalue weighted by molar-refractivity contribution is 5.59. The highest BCUT2D eigenvalue weighted by Crippen LogP contribution is 2.23. The Morgan fingerprint density at radius 1 is 1.06 bits per heavy atom. The number of benzene rings is 1. The predicted molar refractivity (Wildman–Crippen MR) is 65.0 cm³/mol. The van der Waals surface area contributed by atoms with Crippen LogP contribution in [-0.2, 0) is 0 Å². The van der Waals surface area contributed by atoms with E-state index in [0.29, 0.717) is 17.4 Å². The normalized spacial score (nSPS) is 10.0. The Morgan fingerprint density at radius 3 is 2.35 bits per heavy atom. The number of rotatable bonds is 3. The summed E-state index contributed by atoms with van der Waals surface area (Å²) in [5, 5.41) is 0. The van der Waals surface area contributed by atoms with E-state index >= 15 is 0 Å². The minimum Gasteiger partial charge on any atom is -0.497 e. The van der Waals surface area contributed by atoms with E-state index in [1.807, 2.05) is 24.3 Å². The van der Waals surface area contributed by atoms with E-state index in [2.05, 4.69) is 9.97 Å². The summed E-state index contributed by atoms with van der Waals surface area (Å²) in [6.45, 7) is 0. The Hall–Kier alpha value is -2.30. The Bertz CT molecular complexity index is 512. The molecular formula is C12H13N3O2. The molecule has 0 fully saturated rings. The number of methoxy groups -OCH3 is 2. The molecule has 0 unspecified atom stereocenters. The van der Waals surface area contributed by atoms with Gasteiger partial charge in [-0.3, -0.25) is 0 Å². The molecule has 0 saturated heterocycles. The molecule has 0 aliphatic rings. The summed E-state index contributed by atoms with van der Waals surface area (Å²) in [6, 6.07) is 7.46. The molecule has 0 aliphatic heterocycles. The summed E-state index contributed by atoms with van der Waals surface area (Å²) < 4.78 is 10.1. The first-order valence-electron chi connectivity index (χ1n) is 5.05. The van der Waals surface area contributed by atoms with Crippen LogP contribution in [-0.4, -0.2) is 24.2 Å². The quantitative estimate of drug-likeness (QED) is 0.871. The fourth-order valence-electron chi connectivity index (χ4n) is 1.42. The zero-order chi connectivity index (χ0) is 12.3. The van der Waals surface area contributed by atoms with Crippen LogP contribution >= 0.6 is 0 Å². The van der Waals surface area contributed by atoms with Crippen LogP contribution < -0.4 is 15.2 Å². The first kappa shape index (κ1) is 11.2. The van der Waals surface area contributed by atoms with Crippen molar-refractivity contribution in [3.63, 3.8) is 0 Å². The molecule has 5 heteroatoms. The number of anilines is 1. The van der Waals surface area contributed by atoms with Gasteiger partial charge in [0.1, 0.15) is 11.4 Å². The second kappa shape index (κ2) is 4.69. The fraction of sp³-hybridized carbons (Fsp3) is 0.167. The van der Waals surface area contributed by atoms with Crippen LogP contribution in [0.2, 0.25) is 0 Å². The van der Waals surface area contributed by atoms with E-state index in [9.17, 15) is 0 Å². The van der Waals surface area contributed by atoms with Crippen molar-refractivity contribution in [2.45, 2.75) is 0 Å². The molecule has 1 aromatic heterocycles. The van der Waals surface area contributed by atoms with Gasteiger partial charge >= 0.3 is 0 Å². The maximum atomic E-state index is 5.65. The van der Waals surface area contributed by atoms with Crippen molar-refractivity contribution < 1.29 is 9.47 Å². The third-order valence-corrected chi connectivity index (χ3v) is 2.32. The molecule has 1 aromatic carbocycles. The molecule has 2 aromatic rings. The third-order valence-electron chi connectivity index (χ3n) is 2.32. The Balaban J connectivity index is 2.38. The summed E-state index contributed by atoms with van der Waals surface area (Å²) in [4.78, 5) is 8.37. The first-order valence-corrected chi connectivity index (χ1v) is 5.05. The Kier molecular flexibility index (Phi) is 3.09. The van der Waals surface area contributed by atoms with Crippen molar-refractivity contribution in [1.82, 2.24) is 9.97 Å². The van der Waals surface area contributed by atoms with E-state index in [4.69, 9.17) is 15.2 Å². The SMILES string of the molecule is COc1ccc(-c2ncc(N)c(OC)n2)cc1. The van der Waals surface area contributed by atoms with Crippen LogP contribution in [0, 0.1) is 0 Å². The summed E-state index contributed by atoms with van der Waals surface area (Å²) in [7, 11) is 3.15. The van der Waals surface area contributed by atoms with E-state index in [1.54, 1.807) is 7.11 Å². The van der Waals surface area contributed by atoms with E-state index in [1.165, 1.54) is 13.3 Å². The van der Waals surface area contributed by atoms with Gasteiger partial charge < -0.3 is 15.2 Å². The van der Waals surface area contributed by atoms with Crippen LogP contribution in [0.5, 0.6) is 11.6 Å². The number of aromatic nitrogens is 2. The average molecular weight is 231 g/mol. The summed E-state index contributed by atoms with van der Waals surface area (Å²) in [6.07, 6.45) is 1.53. The van der Waals surface area contributed by atoms with Crippen LogP contribution in [0.4, 0.5) is 5.69 Å². The number of hydrogen-bond donors (Lipinski definition) is 1. The lowest BCUT2D eigenvalue weighted by atomic mass is 10.2. The fourth-order valence-corrected chi connectivity index (χ4v) is 1.42. The second-order valence-corrected chi connectivity index (χ2v) is 3.39. The minimum absolute atomic E-state index is 0.380. The van der Waals surface area contributed by atoms with Crippen molar-refractivity contribution in [2.75, 3.05) is 20.0 Å². The van der Waals surface area contributed by atoms with E-state index in [0.717, 1.165) is 11.3 Å². The molecule has 0 atom stereocenters.